The van der Waals surface area contributed by atoms with Gasteiger partial charge >= 0.3 is 0 Å². The average molecular weight is 328 g/mol. The second kappa shape index (κ2) is 8.54. The lowest BCUT2D eigenvalue weighted by atomic mass is 10.0. The molecule has 2 nitrogen and oxygen atoms in total. The summed E-state index contributed by atoms with van der Waals surface area (Å²) in [5, 5.41) is 3.55. The zero-order valence-electron chi connectivity index (χ0n) is 13.6. The van der Waals surface area contributed by atoms with E-state index < -0.39 is 0 Å². The maximum absolute atomic E-state index is 11.8. The van der Waals surface area contributed by atoms with Gasteiger partial charge < -0.3 is 5.32 Å². The summed E-state index contributed by atoms with van der Waals surface area (Å²) in [6.45, 7) is 4.91. The van der Waals surface area contributed by atoms with Crippen LogP contribution in [0.4, 0.5) is 0 Å². The summed E-state index contributed by atoms with van der Waals surface area (Å²) in [7, 11) is 0. The minimum Gasteiger partial charge on any atom is -0.348 e. The van der Waals surface area contributed by atoms with Gasteiger partial charge in [0.15, 0.2) is 0 Å². The van der Waals surface area contributed by atoms with Gasteiger partial charge in [0.25, 0.3) is 0 Å². The molecule has 1 amide bonds. The predicted molar refractivity (Wildman–Crippen MR) is 97.3 cm³/mol. The van der Waals surface area contributed by atoms with E-state index in [0.29, 0.717) is 17.5 Å². The summed E-state index contributed by atoms with van der Waals surface area (Å²) in [5.74, 6) is 0.543. The Hall–Kier alpha value is -2.06. The molecule has 0 fully saturated rings. The Bertz CT molecular complexity index is 657. The molecule has 0 saturated heterocycles. The van der Waals surface area contributed by atoms with Crippen molar-refractivity contribution in [2.45, 2.75) is 26.8 Å². The van der Waals surface area contributed by atoms with E-state index in [4.69, 9.17) is 11.6 Å². The van der Waals surface area contributed by atoms with Gasteiger partial charge in [-0.3, -0.25) is 4.79 Å². The summed E-state index contributed by atoms with van der Waals surface area (Å²) < 4.78 is 0. The zero-order valence-corrected chi connectivity index (χ0v) is 14.3. The molecule has 0 aliphatic rings. The first kappa shape index (κ1) is 17.3. The van der Waals surface area contributed by atoms with Gasteiger partial charge in [0.1, 0.15) is 0 Å². The van der Waals surface area contributed by atoms with Gasteiger partial charge in [-0.2, -0.15) is 0 Å². The topological polar surface area (TPSA) is 29.1 Å². The van der Waals surface area contributed by atoms with Crippen LogP contribution in [0, 0.1) is 5.92 Å². The highest BCUT2D eigenvalue weighted by atomic mass is 35.5. The molecule has 0 atom stereocenters. The van der Waals surface area contributed by atoms with E-state index in [1.54, 1.807) is 6.08 Å². The number of hydrogen-bond acceptors (Lipinski definition) is 1. The normalized spacial score (nSPS) is 11.1. The number of carbonyl (C=O) groups excluding carboxylic acids is 1. The molecular weight excluding hydrogens is 306 g/mol. The molecule has 1 N–H and O–H groups in total. The Morgan fingerprint density at radius 3 is 2.26 bits per heavy atom. The standard InChI is InChI=1S/C20H22ClNO/c1-15(2)13-17-5-3-16(4-6-17)9-12-20(23)22-14-18-7-10-19(21)11-8-18/h3-12,15H,13-14H2,1-2H3,(H,22,23). The average Bonchev–Trinajstić information content (AvgIpc) is 2.53. The monoisotopic (exact) mass is 327 g/mol. The Morgan fingerprint density at radius 1 is 1.04 bits per heavy atom. The molecule has 3 heteroatoms. The number of amides is 1. The molecule has 0 aliphatic heterocycles. The first-order valence-electron chi connectivity index (χ1n) is 7.82. The molecule has 2 aromatic carbocycles. The summed E-state index contributed by atoms with van der Waals surface area (Å²) in [4.78, 5) is 11.8. The van der Waals surface area contributed by atoms with Gasteiger partial charge in [0.05, 0.1) is 0 Å². The molecule has 2 rings (SSSR count). The fraction of sp³-hybridized carbons (Fsp3) is 0.250. The van der Waals surface area contributed by atoms with Crippen LogP contribution < -0.4 is 5.32 Å². The molecule has 0 aromatic heterocycles. The van der Waals surface area contributed by atoms with Gasteiger partial charge in [-0.05, 0) is 47.2 Å². The van der Waals surface area contributed by atoms with E-state index in [-0.39, 0.29) is 5.91 Å². The van der Waals surface area contributed by atoms with Crippen LogP contribution in [0.2, 0.25) is 5.02 Å². The molecule has 0 saturated carbocycles. The SMILES string of the molecule is CC(C)Cc1ccc(C=CC(=O)NCc2ccc(Cl)cc2)cc1. The van der Waals surface area contributed by atoms with Crippen LogP contribution in [0.25, 0.3) is 6.08 Å². The summed E-state index contributed by atoms with van der Waals surface area (Å²) in [6.07, 6.45) is 4.47. The molecule has 0 heterocycles. The van der Waals surface area contributed by atoms with Crippen LogP contribution in [0.3, 0.4) is 0 Å². The van der Waals surface area contributed by atoms with Crippen LogP contribution in [-0.4, -0.2) is 5.91 Å². The van der Waals surface area contributed by atoms with Crippen molar-refractivity contribution in [2.75, 3.05) is 0 Å². The van der Waals surface area contributed by atoms with Gasteiger partial charge in [0.2, 0.25) is 5.91 Å². The molecular formula is C20H22ClNO. The third-order valence-corrected chi connectivity index (χ3v) is 3.68. The first-order chi connectivity index (χ1) is 11.0. The van der Waals surface area contributed by atoms with Crippen molar-refractivity contribution in [3.05, 3.63) is 76.3 Å². The lowest BCUT2D eigenvalue weighted by Crippen LogP contribution is -2.20. The second-order valence-electron chi connectivity index (χ2n) is 6.02. The number of rotatable bonds is 6. The minimum absolute atomic E-state index is 0.105. The third kappa shape index (κ3) is 6.29. The molecule has 23 heavy (non-hydrogen) atoms. The fourth-order valence-corrected chi connectivity index (χ4v) is 2.38. The fourth-order valence-electron chi connectivity index (χ4n) is 2.26. The number of halogens is 1. The number of benzene rings is 2. The molecule has 0 bridgehead atoms. The smallest absolute Gasteiger partial charge is 0.244 e. The van der Waals surface area contributed by atoms with Crippen LogP contribution >= 0.6 is 11.6 Å². The lowest BCUT2D eigenvalue weighted by molar-refractivity contribution is -0.116. The van der Waals surface area contributed by atoms with Crippen molar-refractivity contribution in [2.24, 2.45) is 5.92 Å². The van der Waals surface area contributed by atoms with E-state index in [2.05, 4.69) is 31.3 Å². The van der Waals surface area contributed by atoms with Gasteiger partial charge in [-0.15, -0.1) is 0 Å². The second-order valence-corrected chi connectivity index (χ2v) is 6.45. The van der Waals surface area contributed by atoms with E-state index in [1.807, 2.05) is 42.5 Å². The lowest BCUT2D eigenvalue weighted by Gasteiger charge is -2.05. The van der Waals surface area contributed by atoms with Crippen LogP contribution in [0.15, 0.2) is 54.6 Å². The van der Waals surface area contributed by atoms with Crippen molar-refractivity contribution in [3.8, 4) is 0 Å². The van der Waals surface area contributed by atoms with Crippen LogP contribution in [-0.2, 0) is 17.8 Å². The highest BCUT2D eigenvalue weighted by molar-refractivity contribution is 6.30. The molecule has 120 valence electrons. The van der Waals surface area contributed by atoms with Gasteiger partial charge in [-0.25, -0.2) is 0 Å². The number of hydrogen-bond donors (Lipinski definition) is 1. The molecule has 0 aliphatic carbocycles. The zero-order chi connectivity index (χ0) is 16.7. The van der Waals surface area contributed by atoms with Gasteiger partial charge in [0, 0.05) is 17.6 Å². The molecule has 0 unspecified atom stereocenters. The van der Waals surface area contributed by atoms with Crippen LogP contribution in [0.1, 0.15) is 30.5 Å². The summed E-state index contributed by atoms with van der Waals surface area (Å²) in [6, 6.07) is 15.8. The maximum Gasteiger partial charge on any atom is 0.244 e. The highest BCUT2D eigenvalue weighted by Crippen LogP contribution is 2.11. The van der Waals surface area contributed by atoms with E-state index in [0.717, 1.165) is 17.5 Å². The molecule has 0 radical (unpaired) electrons. The Morgan fingerprint density at radius 2 is 1.65 bits per heavy atom. The van der Waals surface area contributed by atoms with Crippen molar-refractivity contribution in [3.63, 3.8) is 0 Å². The third-order valence-electron chi connectivity index (χ3n) is 3.43. The Kier molecular flexibility index (Phi) is 6.42. The molecule has 0 spiro atoms. The summed E-state index contributed by atoms with van der Waals surface area (Å²) >= 11 is 5.83. The molecule has 2 aromatic rings. The van der Waals surface area contributed by atoms with Crippen molar-refractivity contribution < 1.29 is 4.79 Å². The minimum atomic E-state index is -0.105. The van der Waals surface area contributed by atoms with Crippen LogP contribution in [0.5, 0.6) is 0 Å². The number of carbonyl (C=O) groups is 1. The summed E-state index contributed by atoms with van der Waals surface area (Å²) in [5.41, 5.74) is 3.37. The Labute approximate surface area is 143 Å². The first-order valence-corrected chi connectivity index (χ1v) is 8.20. The Balaban J connectivity index is 1.84. The van der Waals surface area contributed by atoms with E-state index in [1.165, 1.54) is 5.56 Å². The number of nitrogens with one attached hydrogen (secondary N) is 1. The van der Waals surface area contributed by atoms with E-state index >= 15 is 0 Å². The van der Waals surface area contributed by atoms with Gasteiger partial charge in [-0.1, -0.05) is 61.8 Å². The van der Waals surface area contributed by atoms with Crippen molar-refractivity contribution in [1.82, 2.24) is 5.32 Å². The van der Waals surface area contributed by atoms with E-state index in [9.17, 15) is 4.79 Å². The largest absolute Gasteiger partial charge is 0.348 e. The maximum atomic E-state index is 11.8. The predicted octanol–water partition coefficient (Wildman–Crippen LogP) is 4.87. The van der Waals surface area contributed by atoms with Crippen molar-refractivity contribution >= 4 is 23.6 Å². The van der Waals surface area contributed by atoms with Crippen molar-refractivity contribution in [1.29, 1.82) is 0 Å². The highest BCUT2D eigenvalue weighted by Gasteiger charge is 1.99. The quantitative estimate of drug-likeness (QED) is 0.754.